The summed E-state index contributed by atoms with van der Waals surface area (Å²) in [5, 5.41) is 0. The van der Waals surface area contributed by atoms with Crippen LogP contribution in [-0.4, -0.2) is 0 Å². The fourth-order valence-corrected chi connectivity index (χ4v) is 1.89. The maximum Gasteiger partial charge on any atom is 0.0463 e. The first kappa shape index (κ1) is 12.8. The number of hydrogen-bond donors (Lipinski definition) is 2. The van der Waals surface area contributed by atoms with E-state index in [2.05, 4.69) is 43.4 Å². The Hall–Kier alpha value is -1.30. The number of hydrazine groups is 1. The van der Waals surface area contributed by atoms with Crippen molar-refractivity contribution in [3.63, 3.8) is 0 Å². The molecule has 0 bridgehead atoms. The zero-order valence-corrected chi connectivity index (χ0v) is 10.1. The van der Waals surface area contributed by atoms with Gasteiger partial charge in [0.25, 0.3) is 0 Å². The van der Waals surface area contributed by atoms with Crippen molar-refractivity contribution in [3.05, 3.63) is 34.9 Å². The Bertz CT molecular complexity index is 377. The molecule has 0 aliphatic carbocycles. The predicted molar refractivity (Wildman–Crippen MR) is 68.7 cm³/mol. The monoisotopic (exact) mass is 216 g/mol. The van der Waals surface area contributed by atoms with E-state index in [1.54, 1.807) is 0 Å². The van der Waals surface area contributed by atoms with Crippen molar-refractivity contribution in [3.8, 4) is 12.3 Å². The summed E-state index contributed by atoms with van der Waals surface area (Å²) in [4.78, 5) is 0. The van der Waals surface area contributed by atoms with Gasteiger partial charge in [0.1, 0.15) is 0 Å². The van der Waals surface area contributed by atoms with Crippen LogP contribution in [0.1, 0.15) is 42.0 Å². The van der Waals surface area contributed by atoms with Crippen LogP contribution in [0, 0.1) is 26.2 Å². The molecule has 0 aliphatic rings. The fourth-order valence-electron chi connectivity index (χ4n) is 1.89. The summed E-state index contributed by atoms with van der Waals surface area (Å²) in [7, 11) is 0. The van der Waals surface area contributed by atoms with Crippen LogP contribution < -0.4 is 11.3 Å². The van der Waals surface area contributed by atoms with Gasteiger partial charge in [0.15, 0.2) is 0 Å². The summed E-state index contributed by atoms with van der Waals surface area (Å²) >= 11 is 0. The Balaban J connectivity index is 2.79. The van der Waals surface area contributed by atoms with E-state index in [1.807, 2.05) is 0 Å². The highest BCUT2D eigenvalue weighted by molar-refractivity contribution is 5.35. The minimum absolute atomic E-state index is 0.202. The van der Waals surface area contributed by atoms with Crippen LogP contribution in [0.2, 0.25) is 0 Å². The number of hydrogen-bond acceptors (Lipinski definition) is 2. The third-order valence-electron chi connectivity index (χ3n) is 3.04. The van der Waals surface area contributed by atoms with Crippen molar-refractivity contribution in [2.24, 2.45) is 5.84 Å². The molecule has 0 saturated heterocycles. The van der Waals surface area contributed by atoms with Crippen LogP contribution in [-0.2, 0) is 0 Å². The van der Waals surface area contributed by atoms with Crippen LogP contribution in [0.5, 0.6) is 0 Å². The molecule has 1 aromatic carbocycles. The van der Waals surface area contributed by atoms with Gasteiger partial charge < -0.3 is 0 Å². The second kappa shape index (κ2) is 6.32. The molecule has 16 heavy (non-hydrogen) atoms. The van der Waals surface area contributed by atoms with Crippen molar-refractivity contribution in [1.29, 1.82) is 0 Å². The van der Waals surface area contributed by atoms with Crippen molar-refractivity contribution in [1.82, 2.24) is 5.43 Å². The number of unbranched alkanes of at least 4 members (excludes halogenated alkanes) is 1. The Morgan fingerprint density at radius 2 is 2.19 bits per heavy atom. The molecular weight excluding hydrogens is 196 g/mol. The van der Waals surface area contributed by atoms with Gasteiger partial charge in [-0.2, -0.15) is 0 Å². The highest BCUT2D eigenvalue weighted by Crippen LogP contribution is 2.23. The second-order valence-corrected chi connectivity index (χ2v) is 4.10. The first-order chi connectivity index (χ1) is 7.70. The lowest BCUT2D eigenvalue weighted by Crippen LogP contribution is -2.28. The highest BCUT2D eigenvalue weighted by Gasteiger charge is 2.12. The number of rotatable bonds is 5. The summed E-state index contributed by atoms with van der Waals surface area (Å²) in [5.41, 5.74) is 6.77. The predicted octanol–water partition coefficient (Wildman–Crippen LogP) is 2.61. The molecule has 0 saturated carbocycles. The second-order valence-electron chi connectivity index (χ2n) is 4.10. The largest absolute Gasteiger partial charge is 0.271 e. The summed E-state index contributed by atoms with van der Waals surface area (Å²) in [6.07, 6.45) is 8.03. The number of terminal acetylenes is 1. The van der Waals surface area contributed by atoms with Gasteiger partial charge in [-0.15, -0.1) is 12.3 Å². The number of nitrogens with one attached hydrogen (secondary N) is 1. The molecule has 1 rings (SSSR count). The molecule has 0 amide bonds. The standard InChI is InChI=1S/C14H20N2/c1-4-5-6-10-14(16-15)13-9-7-8-11(2)12(13)3/h1,7-9,14,16H,5-6,10,15H2,2-3H3. The van der Waals surface area contributed by atoms with Gasteiger partial charge in [0, 0.05) is 12.5 Å². The molecule has 2 nitrogen and oxygen atoms in total. The zero-order chi connectivity index (χ0) is 12.0. The van der Waals surface area contributed by atoms with E-state index in [9.17, 15) is 0 Å². The summed E-state index contributed by atoms with van der Waals surface area (Å²) < 4.78 is 0. The molecule has 0 heterocycles. The lowest BCUT2D eigenvalue weighted by molar-refractivity contribution is 0.500. The van der Waals surface area contributed by atoms with Crippen molar-refractivity contribution < 1.29 is 0 Å². The lowest BCUT2D eigenvalue weighted by Gasteiger charge is -2.19. The molecule has 86 valence electrons. The number of benzene rings is 1. The van der Waals surface area contributed by atoms with E-state index in [-0.39, 0.29) is 6.04 Å². The Morgan fingerprint density at radius 1 is 1.44 bits per heavy atom. The molecule has 0 aromatic heterocycles. The van der Waals surface area contributed by atoms with Gasteiger partial charge in [0.2, 0.25) is 0 Å². The first-order valence-corrected chi connectivity index (χ1v) is 5.66. The van der Waals surface area contributed by atoms with Gasteiger partial charge in [-0.05, 0) is 43.4 Å². The normalized spacial score (nSPS) is 12.1. The fraction of sp³-hybridized carbons (Fsp3) is 0.429. The van der Waals surface area contributed by atoms with E-state index >= 15 is 0 Å². The van der Waals surface area contributed by atoms with Gasteiger partial charge in [-0.25, -0.2) is 0 Å². The molecule has 3 N–H and O–H groups in total. The molecule has 0 radical (unpaired) electrons. The van der Waals surface area contributed by atoms with E-state index in [0.29, 0.717) is 0 Å². The van der Waals surface area contributed by atoms with E-state index in [4.69, 9.17) is 12.3 Å². The van der Waals surface area contributed by atoms with Crippen molar-refractivity contribution in [2.75, 3.05) is 0 Å². The minimum Gasteiger partial charge on any atom is -0.271 e. The van der Waals surface area contributed by atoms with E-state index in [1.165, 1.54) is 16.7 Å². The smallest absolute Gasteiger partial charge is 0.0463 e. The highest BCUT2D eigenvalue weighted by atomic mass is 15.2. The molecule has 0 spiro atoms. The third kappa shape index (κ3) is 3.10. The molecule has 1 atom stereocenters. The van der Waals surface area contributed by atoms with Crippen LogP contribution in [0.25, 0.3) is 0 Å². The molecule has 1 unspecified atom stereocenters. The van der Waals surface area contributed by atoms with Crippen LogP contribution in [0.4, 0.5) is 0 Å². The molecule has 0 aliphatic heterocycles. The summed E-state index contributed by atoms with van der Waals surface area (Å²) in [6.45, 7) is 4.25. The minimum atomic E-state index is 0.202. The topological polar surface area (TPSA) is 38.0 Å². The average molecular weight is 216 g/mol. The summed E-state index contributed by atoms with van der Waals surface area (Å²) in [6, 6.07) is 6.52. The Kier molecular flexibility index (Phi) is 5.04. The number of nitrogens with two attached hydrogens (primary N) is 1. The summed E-state index contributed by atoms with van der Waals surface area (Å²) in [5.74, 6) is 8.26. The molecular formula is C14H20N2. The zero-order valence-electron chi connectivity index (χ0n) is 10.1. The van der Waals surface area contributed by atoms with Crippen LogP contribution in [0.15, 0.2) is 18.2 Å². The third-order valence-corrected chi connectivity index (χ3v) is 3.04. The molecule has 2 heteroatoms. The lowest BCUT2D eigenvalue weighted by atomic mass is 9.94. The van der Waals surface area contributed by atoms with Gasteiger partial charge in [-0.3, -0.25) is 11.3 Å². The van der Waals surface area contributed by atoms with E-state index < -0.39 is 0 Å². The molecule has 0 fully saturated rings. The van der Waals surface area contributed by atoms with Crippen molar-refractivity contribution >= 4 is 0 Å². The van der Waals surface area contributed by atoms with Crippen LogP contribution in [0.3, 0.4) is 0 Å². The maximum absolute atomic E-state index is 5.60. The van der Waals surface area contributed by atoms with E-state index in [0.717, 1.165) is 19.3 Å². The van der Waals surface area contributed by atoms with Crippen LogP contribution >= 0.6 is 0 Å². The average Bonchev–Trinajstić information content (AvgIpc) is 2.29. The Morgan fingerprint density at radius 3 is 2.81 bits per heavy atom. The van der Waals surface area contributed by atoms with Gasteiger partial charge in [-0.1, -0.05) is 18.2 Å². The Labute approximate surface area is 98.2 Å². The quantitative estimate of drug-likeness (QED) is 0.344. The molecule has 1 aromatic rings. The van der Waals surface area contributed by atoms with Gasteiger partial charge in [0.05, 0.1) is 0 Å². The SMILES string of the molecule is C#CCCCC(NN)c1cccc(C)c1C. The maximum atomic E-state index is 5.60. The number of aryl methyl sites for hydroxylation is 1. The van der Waals surface area contributed by atoms with Gasteiger partial charge >= 0.3 is 0 Å². The van der Waals surface area contributed by atoms with Crippen molar-refractivity contribution in [2.45, 2.75) is 39.2 Å². The first-order valence-electron chi connectivity index (χ1n) is 5.66.